The molecular weight excluding hydrogens is 458 g/mol. The molecule has 1 fully saturated rings. The second kappa shape index (κ2) is 11.2. The Morgan fingerprint density at radius 2 is 1.83 bits per heavy atom. The van der Waals surface area contributed by atoms with Crippen LogP contribution in [0.15, 0.2) is 77.8 Å². The topological polar surface area (TPSA) is 71.0 Å². The molecular formula is C28H29N3O3S. The van der Waals surface area contributed by atoms with Crippen LogP contribution in [0, 0.1) is 13.8 Å². The second-order valence-electron chi connectivity index (χ2n) is 8.49. The highest BCUT2D eigenvalue weighted by Crippen LogP contribution is 2.30. The van der Waals surface area contributed by atoms with Crippen LogP contribution in [0.25, 0.3) is 0 Å². The molecule has 0 aromatic heterocycles. The van der Waals surface area contributed by atoms with E-state index in [4.69, 9.17) is 9.73 Å². The molecule has 1 aliphatic rings. The van der Waals surface area contributed by atoms with Gasteiger partial charge in [-0.05, 0) is 61.7 Å². The molecule has 0 spiro atoms. The maximum atomic E-state index is 13.2. The first-order valence-electron chi connectivity index (χ1n) is 11.5. The molecule has 1 saturated heterocycles. The molecule has 0 saturated carbocycles. The number of hydrogen-bond acceptors (Lipinski definition) is 5. The number of anilines is 1. The smallest absolute Gasteiger partial charge is 0.238 e. The van der Waals surface area contributed by atoms with Crippen LogP contribution in [-0.2, 0) is 16.0 Å². The average Bonchev–Trinajstić information content (AvgIpc) is 2.86. The summed E-state index contributed by atoms with van der Waals surface area (Å²) < 4.78 is 5.23. The minimum atomic E-state index is -0.553. The van der Waals surface area contributed by atoms with Gasteiger partial charge in [0, 0.05) is 18.7 Å². The molecule has 1 atom stereocenters. The number of nitrogens with zero attached hydrogens (tertiary/aromatic N) is 2. The van der Waals surface area contributed by atoms with Crippen molar-refractivity contribution in [2.24, 2.45) is 4.99 Å². The summed E-state index contributed by atoms with van der Waals surface area (Å²) in [5.41, 5.74) is 4.72. The number of para-hydroxylation sites is 1. The molecule has 0 bridgehead atoms. The van der Waals surface area contributed by atoms with E-state index >= 15 is 0 Å². The monoisotopic (exact) mass is 487 g/mol. The van der Waals surface area contributed by atoms with Gasteiger partial charge in [-0.1, -0.05) is 59.8 Å². The minimum Gasteiger partial charge on any atom is -0.497 e. The highest BCUT2D eigenvalue weighted by molar-refractivity contribution is 8.15. The zero-order valence-corrected chi connectivity index (χ0v) is 21.0. The lowest BCUT2D eigenvalue weighted by Crippen LogP contribution is -2.46. The Balaban J connectivity index is 1.53. The van der Waals surface area contributed by atoms with Gasteiger partial charge in [-0.25, -0.2) is 4.99 Å². The van der Waals surface area contributed by atoms with E-state index in [1.807, 2.05) is 86.6 Å². The maximum Gasteiger partial charge on any atom is 0.238 e. The molecule has 180 valence electrons. The van der Waals surface area contributed by atoms with Crippen LogP contribution >= 0.6 is 11.8 Å². The van der Waals surface area contributed by atoms with Crippen molar-refractivity contribution in [3.05, 3.63) is 89.5 Å². The number of ether oxygens (including phenoxy) is 1. The van der Waals surface area contributed by atoms with Crippen LogP contribution in [0.2, 0.25) is 0 Å². The zero-order valence-electron chi connectivity index (χ0n) is 20.2. The highest BCUT2D eigenvalue weighted by atomic mass is 32.2. The van der Waals surface area contributed by atoms with Crippen molar-refractivity contribution >= 4 is 40.1 Å². The molecule has 2 amide bonds. The quantitative estimate of drug-likeness (QED) is 0.477. The van der Waals surface area contributed by atoms with E-state index in [-0.39, 0.29) is 18.2 Å². The van der Waals surface area contributed by atoms with Crippen LogP contribution in [0.5, 0.6) is 5.75 Å². The number of carbonyl (C=O) groups is 2. The summed E-state index contributed by atoms with van der Waals surface area (Å²) >= 11 is 1.34. The van der Waals surface area contributed by atoms with Gasteiger partial charge in [0.1, 0.15) is 11.0 Å². The molecule has 0 aliphatic carbocycles. The third kappa shape index (κ3) is 6.31. The van der Waals surface area contributed by atoms with Gasteiger partial charge in [0.05, 0.1) is 12.8 Å². The Hall–Kier alpha value is -3.58. The van der Waals surface area contributed by atoms with Gasteiger partial charge < -0.3 is 10.1 Å². The average molecular weight is 488 g/mol. The van der Waals surface area contributed by atoms with Crippen LogP contribution in [0.3, 0.4) is 0 Å². The third-order valence-electron chi connectivity index (χ3n) is 5.84. The maximum absolute atomic E-state index is 13.2. The Bertz CT molecular complexity index is 1230. The molecule has 7 heteroatoms. The lowest BCUT2D eigenvalue weighted by molar-refractivity contribution is -0.129. The second-order valence-corrected chi connectivity index (χ2v) is 9.66. The van der Waals surface area contributed by atoms with Crippen LogP contribution in [0.1, 0.15) is 23.1 Å². The van der Waals surface area contributed by atoms with Crippen molar-refractivity contribution in [3.63, 3.8) is 0 Å². The Morgan fingerprint density at radius 3 is 2.51 bits per heavy atom. The van der Waals surface area contributed by atoms with Gasteiger partial charge >= 0.3 is 0 Å². The molecule has 35 heavy (non-hydrogen) atoms. The van der Waals surface area contributed by atoms with Crippen molar-refractivity contribution in [2.45, 2.75) is 31.9 Å². The molecule has 1 N–H and O–H groups in total. The van der Waals surface area contributed by atoms with Crippen LogP contribution < -0.4 is 10.1 Å². The van der Waals surface area contributed by atoms with E-state index in [1.165, 1.54) is 11.8 Å². The third-order valence-corrected chi connectivity index (χ3v) is 7.02. The SMILES string of the molecule is COc1ccc(CCN2C(=O)C[C@@H](C(=O)Nc3ccc(C)cc3C)SC2=Nc2ccccc2)cc1. The number of benzene rings is 3. The molecule has 3 aromatic carbocycles. The first kappa shape index (κ1) is 24.5. The molecule has 4 rings (SSSR count). The van der Waals surface area contributed by atoms with Crippen LogP contribution in [-0.4, -0.2) is 40.8 Å². The van der Waals surface area contributed by atoms with Gasteiger partial charge in [0.2, 0.25) is 11.8 Å². The Labute approximate surface area is 210 Å². The predicted octanol–water partition coefficient (Wildman–Crippen LogP) is 5.52. The molecule has 1 aliphatic heterocycles. The van der Waals surface area contributed by atoms with Gasteiger partial charge in [0.25, 0.3) is 0 Å². The van der Waals surface area contributed by atoms with Gasteiger partial charge in [-0.15, -0.1) is 0 Å². The number of methoxy groups -OCH3 is 1. The van der Waals surface area contributed by atoms with Crippen LogP contribution in [0.4, 0.5) is 11.4 Å². The summed E-state index contributed by atoms with van der Waals surface area (Å²) in [5.74, 6) is 0.501. The highest BCUT2D eigenvalue weighted by Gasteiger charge is 2.36. The van der Waals surface area contributed by atoms with Crippen molar-refractivity contribution in [1.29, 1.82) is 0 Å². The molecule has 0 unspecified atom stereocenters. The molecule has 1 heterocycles. The van der Waals surface area contributed by atoms with Crippen molar-refractivity contribution in [1.82, 2.24) is 4.90 Å². The number of amides is 2. The lowest BCUT2D eigenvalue weighted by Gasteiger charge is -2.32. The minimum absolute atomic E-state index is 0.104. The summed E-state index contributed by atoms with van der Waals surface area (Å²) in [6.07, 6.45) is 0.793. The number of rotatable bonds is 7. The van der Waals surface area contributed by atoms with Gasteiger partial charge in [-0.3, -0.25) is 14.5 Å². The standard InChI is InChI=1S/C28H29N3O3S/c1-19-9-14-24(20(2)17-19)30-27(33)25-18-26(32)31(16-15-21-10-12-23(34-3)13-11-21)28(35-25)29-22-7-5-4-6-8-22/h4-14,17,25H,15-16,18H2,1-3H3,(H,30,33)/t25-/m0/s1. The lowest BCUT2D eigenvalue weighted by atomic mass is 10.1. The van der Waals surface area contributed by atoms with Gasteiger partial charge in [-0.2, -0.15) is 0 Å². The van der Waals surface area contributed by atoms with E-state index in [0.717, 1.165) is 33.8 Å². The Morgan fingerprint density at radius 1 is 1.09 bits per heavy atom. The normalized spacial score (nSPS) is 16.9. The number of hydrogen-bond donors (Lipinski definition) is 1. The number of carbonyl (C=O) groups excluding carboxylic acids is 2. The largest absolute Gasteiger partial charge is 0.497 e. The first-order valence-corrected chi connectivity index (χ1v) is 12.4. The number of nitrogens with one attached hydrogen (secondary N) is 1. The van der Waals surface area contributed by atoms with Crippen molar-refractivity contribution in [3.8, 4) is 5.75 Å². The van der Waals surface area contributed by atoms with Crippen molar-refractivity contribution < 1.29 is 14.3 Å². The summed E-state index contributed by atoms with van der Waals surface area (Å²) in [6, 6.07) is 23.2. The number of amidine groups is 1. The number of aryl methyl sites for hydroxylation is 2. The van der Waals surface area contributed by atoms with E-state index in [1.54, 1.807) is 12.0 Å². The first-order chi connectivity index (χ1) is 16.9. The van der Waals surface area contributed by atoms with E-state index in [0.29, 0.717) is 18.1 Å². The molecule has 6 nitrogen and oxygen atoms in total. The fraction of sp³-hybridized carbons (Fsp3) is 0.250. The summed E-state index contributed by atoms with van der Waals surface area (Å²) in [4.78, 5) is 32.8. The summed E-state index contributed by atoms with van der Waals surface area (Å²) in [7, 11) is 1.64. The number of aliphatic imine (C=N–C) groups is 1. The van der Waals surface area contributed by atoms with E-state index in [9.17, 15) is 9.59 Å². The zero-order chi connectivity index (χ0) is 24.8. The summed E-state index contributed by atoms with van der Waals surface area (Å²) in [5, 5.41) is 2.99. The number of thioether (sulfide) groups is 1. The van der Waals surface area contributed by atoms with E-state index < -0.39 is 5.25 Å². The predicted molar refractivity (Wildman–Crippen MR) is 142 cm³/mol. The summed E-state index contributed by atoms with van der Waals surface area (Å²) in [6.45, 7) is 4.46. The fourth-order valence-corrected chi connectivity index (χ4v) is 5.00. The Kier molecular flexibility index (Phi) is 7.87. The van der Waals surface area contributed by atoms with Crippen molar-refractivity contribution in [2.75, 3.05) is 19.0 Å². The van der Waals surface area contributed by atoms with Gasteiger partial charge in [0.15, 0.2) is 5.17 Å². The molecule has 3 aromatic rings. The fourth-order valence-electron chi connectivity index (χ4n) is 3.87. The van der Waals surface area contributed by atoms with E-state index in [2.05, 4.69) is 5.32 Å². The molecule has 0 radical (unpaired) electrons.